The molecule has 1 aliphatic rings. The second kappa shape index (κ2) is 5.87. The molecule has 1 aromatic carbocycles. The summed E-state index contributed by atoms with van der Waals surface area (Å²) in [5.74, 6) is 0.00891. The number of hydrogen-bond donors (Lipinski definition) is 1. The summed E-state index contributed by atoms with van der Waals surface area (Å²) in [5, 5.41) is 12.6. The maximum absolute atomic E-state index is 9.00. The first kappa shape index (κ1) is 14.3. The van der Waals surface area contributed by atoms with Crippen LogP contribution in [0, 0.1) is 17.2 Å². The quantitative estimate of drug-likeness (QED) is 0.839. The maximum atomic E-state index is 9.00. The standard InChI is InChI=1S/C15H22N2OSi/c1-19(2,3)14(9-12-7-5-4-6-8-12)17-15-13(10-16)11-18-15/h4-8,13-15,17H,9,11H2,1-3H3. The number of ether oxygens (including phenoxy) is 1. The van der Waals surface area contributed by atoms with Gasteiger partial charge in [-0.1, -0.05) is 50.0 Å². The van der Waals surface area contributed by atoms with Crippen molar-refractivity contribution < 1.29 is 4.74 Å². The normalized spacial score (nSPS) is 24.3. The van der Waals surface area contributed by atoms with Crippen molar-refractivity contribution in [3.8, 4) is 6.07 Å². The van der Waals surface area contributed by atoms with Gasteiger partial charge in [-0.3, -0.25) is 5.32 Å². The Balaban J connectivity index is 2.03. The lowest BCUT2D eigenvalue weighted by Crippen LogP contribution is -2.60. The van der Waals surface area contributed by atoms with Gasteiger partial charge in [0.1, 0.15) is 12.1 Å². The van der Waals surface area contributed by atoms with Gasteiger partial charge in [-0.05, 0) is 12.0 Å². The van der Waals surface area contributed by atoms with Crippen LogP contribution in [-0.2, 0) is 11.2 Å². The fourth-order valence-electron chi connectivity index (χ4n) is 2.22. The van der Waals surface area contributed by atoms with E-state index in [-0.39, 0.29) is 12.1 Å². The largest absolute Gasteiger partial charge is 0.360 e. The summed E-state index contributed by atoms with van der Waals surface area (Å²) in [4.78, 5) is 0. The Morgan fingerprint density at radius 3 is 2.53 bits per heavy atom. The summed E-state index contributed by atoms with van der Waals surface area (Å²) in [6, 6.07) is 12.8. The van der Waals surface area contributed by atoms with Crippen molar-refractivity contribution >= 4 is 8.07 Å². The highest BCUT2D eigenvalue weighted by molar-refractivity contribution is 6.77. The van der Waals surface area contributed by atoms with Gasteiger partial charge in [0.05, 0.1) is 20.7 Å². The third-order valence-corrected chi connectivity index (χ3v) is 6.14. The van der Waals surface area contributed by atoms with E-state index in [1.165, 1.54) is 5.56 Å². The monoisotopic (exact) mass is 274 g/mol. The molecular formula is C15H22N2OSi. The Bertz CT molecular complexity index is 449. The smallest absolute Gasteiger partial charge is 0.126 e. The van der Waals surface area contributed by atoms with Gasteiger partial charge < -0.3 is 4.74 Å². The molecule has 4 heteroatoms. The van der Waals surface area contributed by atoms with E-state index in [0.717, 1.165) is 6.42 Å². The topological polar surface area (TPSA) is 45.0 Å². The van der Waals surface area contributed by atoms with Gasteiger partial charge in [-0.2, -0.15) is 5.26 Å². The predicted octanol–water partition coefficient (Wildman–Crippen LogP) is 2.56. The molecule has 1 heterocycles. The van der Waals surface area contributed by atoms with E-state index in [9.17, 15) is 0 Å². The van der Waals surface area contributed by atoms with Crippen LogP contribution >= 0.6 is 0 Å². The first-order valence-corrected chi connectivity index (χ1v) is 10.4. The van der Waals surface area contributed by atoms with Gasteiger partial charge in [0.25, 0.3) is 0 Å². The summed E-state index contributed by atoms with van der Waals surface area (Å²) in [5.41, 5.74) is 1.77. The molecule has 0 aliphatic carbocycles. The van der Waals surface area contributed by atoms with E-state index in [0.29, 0.717) is 12.3 Å². The van der Waals surface area contributed by atoms with Crippen LogP contribution in [0.2, 0.25) is 19.6 Å². The van der Waals surface area contributed by atoms with E-state index in [1.54, 1.807) is 0 Å². The van der Waals surface area contributed by atoms with Crippen LogP contribution in [0.1, 0.15) is 5.56 Å². The molecule has 0 bridgehead atoms. The minimum absolute atomic E-state index is 0.00891. The molecule has 1 aliphatic heterocycles. The molecule has 0 radical (unpaired) electrons. The van der Waals surface area contributed by atoms with Gasteiger partial charge in [0.2, 0.25) is 0 Å². The molecule has 0 saturated carbocycles. The third-order valence-electron chi connectivity index (χ3n) is 3.68. The van der Waals surface area contributed by atoms with E-state index in [1.807, 2.05) is 6.07 Å². The third kappa shape index (κ3) is 3.66. The molecule has 1 N–H and O–H groups in total. The average Bonchev–Trinajstić information content (AvgIpc) is 2.33. The molecule has 19 heavy (non-hydrogen) atoms. The van der Waals surface area contributed by atoms with Crippen LogP contribution in [0.5, 0.6) is 0 Å². The molecule has 1 saturated heterocycles. The van der Waals surface area contributed by atoms with Crippen LogP contribution in [-0.4, -0.2) is 26.6 Å². The van der Waals surface area contributed by atoms with E-state index in [4.69, 9.17) is 10.00 Å². The van der Waals surface area contributed by atoms with Crippen molar-refractivity contribution in [2.24, 2.45) is 5.92 Å². The van der Waals surface area contributed by atoms with Crippen LogP contribution in [0.25, 0.3) is 0 Å². The lowest BCUT2D eigenvalue weighted by molar-refractivity contribution is -0.110. The van der Waals surface area contributed by atoms with Crippen LogP contribution < -0.4 is 5.32 Å². The summed E-state index contributed by atoms with van der Waals surface area (Å²) in [6.07, 6.45) is 0.930. The molecule has 3 nitrogen and oxygen atoms in total. The molecule has 1 aromatic rings. The van der Waals surface area contributed by atoms with E-state index < -0.39 is 8.07 Å². The Kier molecular flexibility index (Phi) is 4.41. The summed E-state index contributed by atoms with van der Waals surface area (Å²) < 4.78 is 5.49. The molecule has 2 rings (SSSR count). The Labute approximate surface area is 116 Å². The minimum Gasteiger partial charge on any atom is -0.360 e. The second-order valence-electron chi connectivity index (χ2n) is 6.26. The summed E-state index contributed by atoms with van der Waals surface area (Å²) in [6.45, 7) is 7.63. The van der Waals surface area contributed by atoms with Crippen molar-refractivity contribution in [1.29, 1.82) is 5.26 Å². The van der Waals surface area contributed by atoms with Crippen LogP contribution in [0.15, 0.2) is 30.3 Å². The number of benzene rings is 1. The molecule has 1 fully saturated rings. The number of hydrogen-bond acceptors (Lipinski definition) is 3. The van der Waals surface area contributed by atoms with Gasteiger partial charge in [0, 0.05) is 5.67 Å². The Hall–Kier alpha value is -1.15. The lowest BCUT2D eigenvalue weighted by Gasteiger charge is -2.40. The second-order valence-corrected chi connectivity index (χ2v) is 11.7. The zero-order valence-corrected chi connectivity index (χ0v) is 12.9. The zero-order valence-electron chi connectivity index (χ0n) is 11.9. The first-order valence-electron chi connectivity index (χ1n) is 6.82. The molecule has 0 amide bonds. The van der Waals surface area contributed by atoms with Crippen LogP contribution in [0.4, 0.5) is 0 Å². The number of nitriles is 1. The summed E-state index contributed by atoms with van der Waals surface area (Å²) in [7, 11) is -1.36. The Morgan fingerprint density at radius 1 is 1.37 bits per heavy atom. The molecule has 0 aromatic heterocycles. The number of nitrogens with one attached hydrogen (secondary N) is 1. The molecule has 3 unspecified atom stereocenters. The van der Waals surface area contributed by atoms with Crippen molar-refractivity contribution in [2.45, 2.75) is 38.0 Å². The highest BCUT2D eigenvalue weighted by Gasteiger charge is 2.37. The molecule has 102 valence electrons. The van der Waals surface area contributed by atoms with E-state index in [2.05, 4.69) is 55.3 Å². The summed E-state index contributed by atoms with van der Waals surface area (Å²) >= 11 is 0. The number of nitrogens with zero attached hydrogens (tertiary/aromatic N) is 1. The van der Waals surface area contributed by atoms with Crippen LogP contribution in [0.3, 0.4) is 0 Å². The average molecular weight is 274 g/mol. The van der Waals surface area contributed by atoms with Crippen molar-refractivity contribution in [3.63, 3.8) is 0 Å². The highest BCUT2D eigenvalue weighted by atomic mass is 28.3. The Morgan fingerprint density at radius 2 is 2.05 bits per heavy atom. The lowest BCUT2D eigenvalue weighted by atomic mass is 10.1. The highest BCUT2D eigenvalue weighted by Crippen LogP contribution is 2.21. The molecule has 3 atom stereocenters. The van der Waals surface area contributed by atoms with Gasteiger partial charge in [0.15, 0.2) is 0 Å². The maximum Gasteiger partial charge on any atom is 0.126 e. The van der Waals surface area contributed by atoms with Gasteiger partial charge in [-0.25, -0.2) is 0 Å². The van der Waals surface area contributed by atoms with Gasteiger partial charge >= 0.3 is 0 Å². The molecule has 0 spiro atoms. The first-order chi connectivity index (χ1) is 9.00. The number of rotatable bonds is 5. The fraction of sp³-hybridized carbons (Fsp3) is 0.533. The molecular weight excluding hydrogens is 252 g/mol. The fourth-order valence-corrected chi connectivity index (χ4v) is 3.73. The van der Waals surface area contributed by atoms with Crippen molar-refractivity contribution in [3.05, 3.63) is 35.9 Å². The SMILES string of the molecule is C[Si](C)(C)C(Cc1ccccc1)NC1OCC1C#N. The predicted molar refractivity (Wildman–Crippen MR) is 79.3 cm³/mol. The van der Waals surface area contributed by atoms with Crippen molar-refractivity contribution in [2.75, 3.05) is 6.61 Å². The zero-order chi connectivity index (χ0) is 13.9. The van der Waals surface area contributed by atoms with Crippen molar-refractivity contribution in [1.82, 2.24) is 5.32 Å². The van der Waals surface area contributed by atoms with Gasteiger partial charge in [-0.15, -0.1) is 0 Å². The minimum atomic E-state index is -1.36. The van der Waals surface area contributed by atoms with E-state index >= 15 is 0 Å².